The van der Waals surface area contributed by atoms with E-state index in [1.165, 1.54) is 12.3 Å². The van der Waals surface area contributed by atoms with Gasteiger partial charge in [-0.1, -0.05) is 6.92 Å². The van der Waals surface area contributed by atoms with Crippen LogP contribution < -0.4 is 5.73 Å². The summed E-state index contributed by atoms with van der Waals surface area (Å²) < 4.78 is 15.5. The van der Waals surface area contributed by atoms with E-state index in [2.05, 4.69) is 32.9 Å². The van der Waals surface area contributed by atoms with Crippen molar-refractivity contribution in [2.24, 2.45) is 5.73 Å². The molecule has 1 atom stereocenters. The lowest BCUT2D eigenvalue weighted by Gasteiger charge is -2.14. The van der Waals surface area contributed by atoms with E-state index < -0.39 is 6.04 Å². The second kappa shape index (κ2) is 5.58. The zero-order valence-corrected chi connectivity index (χ0v) is 11.6. The molecule has 0 saturated heterocycles. The van der Waals surface area contributed by atoms with Gasteiger partial charge in [-0.2, -0.15) is 5.10 Å². The third-order valence-electron chi connectivity index (χ3n) is 2.63. The molecule has 0 aliphatic rings. The van der Waals surface area contributed by atoms with E-state index in [1.807, 2.05) is 4.68 Å². The summed E-state index contributed by atoms with van der Waals surface area (Å²) >= 11 is 3.43. The van der Waals surface area contributed by atoms with Crippen molar-refractivity contribution >= 4 is 15.9 Å². The molecule has 2 heterocycles. The topological polar surface area (TPSA) is 56.7 Å². The highest BCUT2D eigenvalue weighted by atomic mass is 79.9. The fraction of sp³-hybridized carbons (Fsp3) is 0.333. The molecule has 0 spiro atoms. The Labute approximate surface area is 113 Å². The highest BCUT2D eigenvalue weighted by Gasteiger charge is 2.19. The quantitative estimate of drug-likeness (QED) is 0.944. The van der Waals surface area contributed by atoms with Gasteiger partial charge in [0, 0.05) is 6.54 Å². The first kappa shape index (κ1) is 13.2. The number of hydrogen-bond acceptors (Lipinski definition) is 3. The van der Waals surface area contributed by atoms with E-state index in [1.54, 1.807) is 12.3 Å². The molecule has 0 aliphatic heterocycles. The van der Waals surface area contributed by atoms with Crippen LogP contribution >= 0.6 is 15.9 Å². The van der Waals surface area contributed by atoms with Crippen molar-refractivity contribution in [2.45, 2.75) is 25.9 Å². The molecule has 1 unspecified atom stereocenters. The molecule has 0 aliphatic carbocycles. The Morgan fingerprint density at radius 3 is 2.83 bits per heavy atom. The van der Waals surface area contributed by atoms with Crippen LogP contribution in [0.4, 0.5) is 4.39 Å². The first-order valence-corrected chi connectivity index (χ1v) is 6.51. The summed E-state index contributed by atoms with van der Waals surface area (Å²) in [5.74, 6) is -0.368. The molecule has 4 nitrogen and oxygen atoms in total. The van der Waals surface area contributed by atoms with E-state index in [0.717, 1.165) is 23.1 Å². The monoisotopic (exact) mass is 312 g/mol. The SMILES string of the molecule is CCCn1ncc(Br)c1C(N)c1ccc(F)cn1. The summed E-state index contributed by atoms with van der Waals surface area (Å²) in [5, 5.41) is 4.26. The maximum Gasteiger partial charge on any atom is 0.141 e. The molecular formula is C12H14BrFN4. The van der Waals surface area contributed by atoms with Gasteiger partial charge < -0.3 is 5.73 Å². The van der Waals surface area contributed by atoms with Gasteiger partial charge >= 0.3 is 0 Å². The van der Waals surface area contributed by atoms with E-state index >= 15 is 0 Å². The molecule has 18 heavy (non-hydrogen) atoms. The summed E-state index contributed by atoms with van der Waals surface area (Å²) in [4.78, 5) is 4.01. The molecule has 96 valence electrons. The van der Waals surface area contributed by atoms with E-state index in [-0.39, 0.29) is 5.82 Å². The molecule has 2 aromatic heterocycles. The number of aryl methyl sites for hydroxylation is 1. The molecule has 0 aromatic carbocycles. The number of aromatic nitrogens is 3. The van der Waals surface area contributed by atoms with Gasteiger partial charge in [0.2, 0.25) is 0 Å². The Bertz CT molecular complexity index is 523. The average Bonchev–Trinajstić information content (AvgIpc) is 2.71. The lowest BCUT2D eigenvalue weighted by atomic mass is 10.1. The van der Waals surface area contributed by atoms with Crippen LogP contribution in [0.25, 0.3) is 0 Å². The smallest absolute Gasteiger partial charge is 0.141 e. The van der Waals surface area contributed by atoms with Crippen LogP contribution in [-0.4, -0.2) is 14.8 Å². The van der Waals surface area contributed by atoms with Crippen molar-refractivity contribution in [3.8, 4) is 0 Å². The molecule has 6 heteroatoms. The maximum atomic E-state index is 12.8. The van der Waals surface area contributed by atoms with Gasteiger partial charge in [-0.05, 0) is 34.5 Å². The number of halogens is 2. The average molecular weight is 313 g/mol. The summed E-state index contributed by atoms with van der Waals surface area (Å²) in [5.41, 5.74) is 7.64. The molecule has 0 amide bonds. The van der Waals surface area contributed by atoms with Crippen LogP contribution in [0.5, 0.6) is 0 Å². The number of rotatable bonds is 4. The van der Waals surface area contributed by atoms with Crippen molar-refractivity contribution in [2.75, 3.05) is 0 Å². The number of hydrogen-bond donors (Lipinski definition) is 1. The van der Waals surface area contributed by atoms with Crippen LogP contribution in [0.1, 0.15) is 30.8 Å². The minimum absolute atomic E-state index is 0.368. The number of nitrogens with zero attached hydrogens (tertiary/aromatic N) is 3. The van der Waals surface area contributed by atoms with Crippen LogP contribution in [0, 0.1) is 5.82 Å². The minimum atomic E-state index is -0.422. The normalized spacial score (nSPS) is 12.7. The summed E-state index contributed by atoms with van der Waals surface area (Å²) in [7, 11) is 0. The number of nitrogens with two attached hydrogens (primary N) is 1. The summed E-state index contributed by atoms with van der Waals surface area (Å²) in [6.07, 6.45) is 3.85. The highest BCUT2D eigenvalue weighted by Crippen LogP contribution is 2.26. The van der Waals surface area contributed by atoms with Gasteiger partial charge in [0.1, 0.15) is 5.82 Å². The molecule has 0 bridgehead atoms. The van der Waals surface area contributed by atoms with E-state index in [0.29, 0.717) is 5.69 Å². The molecule has 0 fully saturated rings. The van der Waals surface area contributed by atoms with Crippen molar-refractivity contribution in [1.82, 2.24) is 14.8 Å². The first-order chi connectivity index (χ1) is 8.63. The third-order valence-corrected chi connectivity index (χ3v) is 3.24. The zero-order valence-electron chi connectivity index (χ0n) is 9.98. The van der Waals surface area contributed by atoms with Crippen molar-refractivity contribution < 1.29 is 4.39 Å². The summed E-state index contributed by atoms with van der Waals surface area (Å²) in [6, 6.07) is 2.53. The predicted molar refractivity (Wildman–Crippen MR) is 70.4 cm³/mol. The van der Waals surface area contributed by atoms with E-state index in [9.17, 15) is 4.39 Å². The Hall–Kier alpha value is -1.27. The van der Waals surface area contributed by atoms with Crippen molar-refractivity contribution in [3.05, 3.63) is 46.2 Å². The second-order valence-corrected chi connectivity index (χ2v) is 4.83. The van der Waals surface area contributed by atoms with E-state index in [4.69, 9.17) is 5.73 Å². The number of pyridine rings is 1. The fourth-order valence-electron chi connectivity index (χ4n) is 1.78. The molecule has 2 rings (SSSR count). The lowest BCUT2D eigenvalue weighted by molar-refractivity contribution is 0.554. The van der Waals surface area contributed by atoms with Gasteiger partial charge in [0.15, 0.2) is 0 Å². The largest absolute Gasteiger partial charge is 0.318 e. The summed E-state index contributed by atoms with van der Waals surface area (Å²) in [6.45, 7) is 2.86. The van der Waals surface area contributed by atoms with Crippen LogP contribution in [-0.2, 0) is 6.54 Å². The lowest BCUT2D eigenvalue weighted by Crippen LogP contribution is -2.19. The van der Waals surface area contributed by atoms with Gasteiger partial charge in [0.25, 0.3) is 0 Å². The Morgan fingerprint density at radius 1 is 1.44 bits per heavy atom. The second-order valence-electron chi connectivity index (χ2n) is 3.98. The van der Waals surface area contributed by atoms with Gasteiger partial charge in [0.05, 0.1) is 34.3 Å². The predicted octanol–water partition coefficient (Wildman–Crippen LogP) is 2.64. The maximum absolute atomic E-state index is 12.8. The van der Waals surface area contributed by atoms with Crippen LogP contribution in [0.2, 0.25) is 0 Å². The van der Waals surface area contributed by atoms with Gasteiger partial charge in [-0.15, -0.1) is 0 Å². The Morgan fingerprint density at radius 2 is 2.22 bits per heavy atom. The van der Waals surface area contributed by atoms with Crippen LogP contribution in [0.15, 0.2) is 29.0 Å². The molecule has 0 radical (unpaired) electrons. The highest BCUT2D eigenvalue weighted by molar-refractivity contribution is 9.10. The fourth-order valence-corrected chi connectivity index (χ4v) is 2.33. The first-order valence-electron chi connectivity index (χ1n) is 5.71. The van der Waals surface area contributed by atoms with Gasteiger partial charge in [-0.25, -0.2) is 4.39 Å². The third kappa shape index (κ3) is 2.59. The molecule has 2 N–H and O–H groups in total. The minimum Gasteiger partial charge on any atom is -0.318 e. The van der Waals surface area contributed by atoms with Crippen molar-refractivity contribution in [3.63, 3.8) is 0 Å². The van der Waals surface area contributed by atoms with Crippen LogP contribution in [0.3, 0.4) is 0 Å². The zero-order chi connectivity index (χ0) is 13.1. The van der Waals surface area contributed by atoms with Crippen molar-refractivity contribution in [1.29, 1.82) is 0 Å². The molecular weight excluding hydrogens is 299 g/mol. The Kier molecular flexibility index (Phi) is 4.08. The Balaban J connectivity index is 2.35. The molecule has 0 saturated carbocycles. The standard InChI is InChI=1S/C12H14BrFN4/c1-2-5-18-12(9(13)7-17-18)11(15)10-4-3-8(14)6-16-10/h3-4,6-7,11H,2,5,15H2,1H3. The molecule has 2 aromatic rings. The van der Waals surface area contributed by atoms with Gasteiger partial charge in [-0.3, -0.25) is 9.67 Å².